The third-order valence-electron chi connectivity index (χ3n) is 7.97. The number of H-pyrrole nitrogens is 1. The van der Waals surface area contributed by atoms with Crippen LogP contribution in [0.3, 0.4) is 0 Å². The van der Waals surface area contributed by atoms with Gasteiger partial charge in [-0.25, -0.2) is 4.68 Å². The number of nitrogens with one attached hydrogen (secondary N) is 1. The summed E-state index contributed by atoms with van der Waals surface area (Å²) in [5.74, 6) is 1.53. The van der Waals surface area contributed by atoms with Crippen LogP contribution in [0.5, 0.6) is 0 Å². The molecule has 4 heterocycles. The Balaban J connectivity index is 1.53. The predicted molar refractivity (Wildman–Crippen MR) is 139 cm³/mol. The Morgan fingerprint density at radius 2 is 1.97 bits per heavy atom. The molecule has 9 heteroatoms. The average molecular weight is 503 g/mol. The van der Waals surface area contributed by atoms with Crippen LogP contribution in [0.1, 0.15) is 78.9 Å². The van der Waals surface area contributed by atoms with Gasteiger partial charge in [0.2, 0.25) is 0 Å². The number of tetrazole rings is 1. The van der Waals surface area contributed by atoms with Crippen LogP contribution in [-0.4, -0.2) is 49.3 Å². The van der Waals surface area contributed by atoms with E-state index in [1.807, 2.05) is 35.9 Å². The van der Waals surface area contributed by atoms with Gasteiger partial charge in [0.15, 0.2) is 5.82 Å². The minimum atomic E-state index is -0.460. The van der Waals surface area contributed by atoms with Crippen molar-refractivity contribution in [1.82, 2.24) is 30.1 Å². The fourth-order valence-corrected chi connectivity index (χ4v) is 6.00. The Morgan fingerprint density at radius 3 is 2.73 bits per heavy atom. The molecule has 1 aliphatic heterocycles. The Kier molecular flexibility index (Phi) is 6.65. The van der Waals surface area contributed by atoms with Crippen molar-refractivity contribution in [3.05, 3.63) is 75.2 Å². The first-order valence-electron chi connectivity index (χ1n) is 13.4. The molecule has 0 amide bonds. The lowest BCUT2D eigenvalue weighted by molar-refractivity contribution is 0.0541. The minimum absolute atomic E-state index is 0.0804. The second-order valence-corrected chi connectivity index (χ2v) is 10.5. The highest BCUT2D eigenvalue weighted by Crippen LogP contribution is 2.35. The summed E-state index contributed by atoms with van der Waals surface area (Å²) >= 11 is 0. The zero-order chi connectivity index (χ0) is 25.4. The second kappa shape index (κ2) is 10.2. The number of aromatic amines is 1. The quantitative estimate of drug-likeness (QED) is 0.375. The Labute approximate surface area is 215 Å². The number of hydrogen-bond acceptors (Lipinski definition) is 7. The van der Waals surface area contributed by atoms with Crippen LogP contribution < -0.4 is 5.56 Å². The van der Waals surface area contributed by atoms with E-state index in [1.54, 1.807) is 6.26 Å². The van der Waals surface area contributed by atoms with Gasteiger partial charge in [0, 0.05) is 24.1 Å². The van der Waals surface area contributed by atoms with E-state index >= 15 is 0 Å². The third kappa shape index (κ3) is 4.73. The molecule has 1 saturated heterocycles. The van der Waals surface area contributed by atoms with Crippen molar-refractivity contribution in [3.63, 3.8) is 0 Å². The maximum atomic E-state index is 13.8. The molecule has 37 heavy (non-hydrogen) atoms. The number of ether oxygens (including phenoxy) is 1. The lowest BCUT2D eigenvalue weighted by Crippen LogP contribution is -2.39. The molecule has 9 nitrogen and oxygen atoms in total. The molecule has 6 rings (SSSR count). The summed E-state index contributed by atoms with van der Waals surface area (Å²) in [6.07, 6.45) is 8.21. The van der Waals surface area contributed by atoms with Crippen LogP contribution >= 0.6 is 0 Å². The first-order valence-corrected chi connectivity index (χ1v) is 13.4. The summed E-state index contributed by atoms with van der Waals surface area (Å²) in [6.45, 7) is 6.02. The van der Waals surface area contributed by atoms with Gasteiger partial charge in [-0.05, 0) is 79.3 Å². The lowest BCUT2D eigenvalue weighted by atomic mass is 9.98. The summed E-state index contributed by atoms with van der Waals surface area (Å²) in [6, 6.07) is 9.83. The number of furan rings is 1. The van der Waals surface area contributed by atoms with Crippen molar-refractivity contribution in [1.29, 1.82) is 0 Å². The summed E-state index contributed by atoms with van der Waals surface area (Å²) < 4.78 is 13.8. The van der Waals surface area contributed by atoms with E-state index in [-0.39, 0.29) is 17.7 Å². The van der Waals surface area contributed by atoms with Crippen LogP contribution in [0.2, 0.25) is 0 Å². The zero-order valence-corrected chi connectivity index (χ0v) is 21.5. The second-order valence-electron chi connectivity index (χ2n) is 10.5. The molecule has 2 atom stereocenters. The molecule has 2 fully saturated rings. The zero-order valence-electron chi connectivity index (χ0n) is 21.5. The molecule has 0 radical (unpaired) electrons. The summed E-state index contributed by atoms with van der Waals surface area (Å²) in [4.78, 5) is 19.2. The number of nitrogens with zero attached hydrogens (tertiary/aromatic N) is 5. The Hall–Kier alpha value is -3.30. The maximum Gasteiger partial charge on any atom is 0.253 e. The first kappa shape index (κ1) is 24.1. The number of benzene rings is 1. The summed E-state index contributed by atoms with van der Waals surface area (Å²) in [5, 5.41) is 14.2. The molecule has 1 aromatic carbocycles. The number of hydrogen-bond donors (Lipinski definition) is 1. The number of fused-ring (bicyclic) bond motifs is 1. The number of aromatic nitrogens is 5. The lowest BCUT2D eigenvalue weighted by Gasteiger charge is -2.32. The number of aryl methyl sites for hydroxylation is 2. The molecule has 1 saturated carbocycles. The van der Waals surface area contributed by atoms with Crippen molar-refractivity contribution in [3.8, 4) is 0 Å². The standard InChI is InChI=1S/C28H34N6O3/c1-18-11-12-19(2)25-23(18)15-24(28(35)29-25)26(27-30-31-32-34(27)20-7-3-4-8-20)33(16-21-9-5-13-36-21)17-22-10-6-14-37-22/h5,9,11-13,15,20,22,26H,3-4,6-8,10,14,16-17H2,1-2H3,(H,29,35)/t22-,26-/m1/s1. The molecule has 4 aromatic rings. The van der Waals surface area contributed by atoms with Crippen molar-refractivity contribution in [2.24, 2.45) is 0 Å². The summed E-state index contributed by atoms with van der Waals surface area (Å²) in [5.41, 5.74) is 3.55. The molecule has 1 N–H and O–H groups in total. The molecule has 194 valence electrons. The van der Waals surface area contributed by atoms with Crippen molar-refractivity contribution in [2.45, 2.75) is 77.1 Å². The fraction of sp³-hybridized carbons (Fsp3) is 0.500. The number of pyridine rings is 1. The van der Waals surface area contributed by atoms with Gasteiger partial charge >= 0.3 is 0 Å². The first-order chi connectivity index (χ1) is 18.1. The van der Waals surface area contributed by atoms with Crippen molar-refractivity contribution in [2.75, 3.05) is 13.2 Å². The average Bonchev–Trinajstić information content (AvgIpc) is 3.70. The third-order valence-corrected chi connectivity index (χ3v) is 7.97. The highest BCUT2D eigenvalue weighted by molar-refractivity contribution is 5.85. The van der Waals surface area contributed by atoms with Crippen LogP contribution in [0.25, 0.3) is 10.9 Å². The molecule has 0 spiro atoms. The van der Waals surface area contributed by atoms with Crippen molar-refractivity contribution >= 4 is 10.9 Å². The van der Waals surface area contributed by atoms with Crippen molar-refractivity contribution < 1.29 is 9.15 Å². The van der Waals surface area contributed by atoms with E-state index in [1.165, 1.54) is 0 Å². The monoisotopic (exact) mass is 502 g/mol. The normalized spacial score (nSPS) is 19.4. The van der Waals surface area contributed by atoms with Gasteiger partial charge < -0.3 is 14.1 Å². The van der Waals surface area contributed by atoms with Crippen LogP contribution in [0.4, 0.5) is 0 Å². The molecular weight excluding hydrogens is 468 g/mol. The molecule has 2 aliphatic rings. The van der Waals surface area contributed by atoms with Gasteiger partial charge in [-0.1, -0.05) is 25.0 Å². The SMILES string of the molecule is Cc1ccc(C)c2[nH]c(=O)c([C@H](c3nnnn3C3CCCC3)N(Cc3ccco3)C[C@H]3CCCO3)cc12. The van der Waals surface area contributed by atoms with Crippen LogP contribution in [0, 0.1) is 13.8 Å². The van der Waals surface area contributed by atoms with E-state index in [0.29, 0.717) is 24.5 Å². The van der Waals surface area contributed by atoms with Gasteiger partial charge in [0.05, 0.1) is 30.5 Å². The molecular formula is C28H34N6O3. The largest absolute Gasteiger partial charge is 0.468 e. The van der Waals surface area contributed by atoms with Gasteiger partial charge in [-0.2, -0.15) is 0 Å². The summed E-state index contributed by atoms with van der Waals surface area (Å²) in [7, 11) is 0. The number of rotatable bonds is 8. The fourth-order valence-electron chi connectivity index (χ4n) is 6.00. The minimum Gasteiger partial charge on any atom is -0.468 e. The van der Waals surface area contributed by atoms with E-state index in [0.717, 1.165) is 72.9 Å². The molecule has 3 aromatic heterocycles. The Bertz CT molecular complexity index is 1410. The predicted octanol–water partition coefficient (Wildman–Crippen LogP) is 4.61. The van der Waals surface area contributed by atoms with Crippen LogP contribution in [-0.2, 0) is 11.3 Å². The van der Waals surface area contributed by atoms with Crippen LogP contribution in [0.15, 0.2) is 45.8 Å². The Morgan fingerprint density at radius 1 is 1.14 bits per heavy atom. The highest BCUT2D eigenvalue weighted by Gasteiger charge is 2.35. The van der Waals surface area contributed by atoms with E-state index in [9.17, 15) is 4.79 Å². The van der Waals surface area contributed by atoms with E-state index in [2.05, 4.69) is 38.4 Å². The molecule has 1 aliphatic carbocycles. The van der Waals surface area contributed by atoms with Gasteiger partial charge in [-0.15, -0.1) is 5.10 Å². The molecule has 0 unspecified atom stereocenters. The topological polar surface area (TPSA) is 102 Å². The highest BCUT2D eigenvalue weighted by atomic mass is 16.5. The van der Waals surface area contributed by atoms with Gasteiger partial charge in [0.1, 0.15) is 11.8 Å². The van der Waals surface area contributed by atoms with Gasteiger partial charge in [0.25, 0.3) is 5.56 Å². The van der Waals surface area contributed by atoms with E-state index < -0.39 is 6.04 Å². The molecule has 0 bridgehead atoms. The van der Waals surface area contributed by atoms with E-state index in [4.69, 9.17) is 9.15 Å². The maximum absolute atomic E-state index is 13.8. The van der Waals surface area contributed by atoms with Gasteiger partial charge in [-0.3, -0.25) is 9.69 Å². The smallest absolute Gasteiger partial charge is 0.253 e.